The van der Waals surface area contributed by atoms with E-state index < -0.39 is 0 Å². The Bertz CT molecular complexity index is 457. The third-order valence-electron chi connectivity index (χ3n) is 2.76. The van der Waals surface area contributed by atoms with E-state index in [-0.39, 0.29) is 0 Å². The second-order valence-electron chi connectivity index (χ2n) is 3.68. The van der Waals surface area contributed by atoms with Gasteiger partial charge < -0.3 is 5.73 Å². The van der Waals surface area contributed by atoms with E-state index in [1.807, 2.05) is 11.3 Å². The lowest BCUT2D eigenvalue weighted by Gasteiger charge is -2.02. The standard InChI is InChI=1S/C12H15NS/c1-8-3-4-11-10(5-6-13)7-14-12(11)9(8)2/h3-4,7H,5-6,13H2,1-2H3. The predicted octanol–water partition coefficient (Wildman–Crippen LogP) is 3.02. The zero-order valence-electron chi connectivity index (χ0n) is 8.63. The predicted molar refractivity (Wildman–Crippen MR) is 64.1 cm³/mol. The Balaban J connectivity index is 2.64. The van der Waals surface area contributed by atoms with Crippen molar-refractivity contribution in [3.05, 3.63) is 34.2 Å². The molecule has 1 nitrogen and oxygen atoms in total. The first-order chi connectivity index (χ1) is 6.74. The van der Waals surface area contributed by atoms with Crippen molar-refractivity contribution in [2.24, 2.45) is 5.73 Å². The van der Waals surface area contributed by atoms with E-state index in [2.05, 4.69) is 31.4 Å². The highest BCUT2D eigenvalue weighted by molar-refractivity contribution is 7.17. The lowest BCUT2D eigenvalue weighted by atomic mass is 10.0. The van der Waals surface area contributed by atoms with Crippen LogP contribution in [-0.2, 0) is 6.42 Å². The van der Waals surface area contributed by atoms with Gasteiger partial charge in [0.2, 0.25) is 0 Å². The highest BCUT2D eigenvalue weighted by Gasteiger charge is 2.06. The summed E-state index contributed by atoms with van der Waals surface area (Å²) in [6.45, 7) is 5.09. The largest absolute Gasteiger partial charge is 0.330 e. The molecule has 0 unspecified atom stereocenters. The summed E-state index contributed by atoms with van der Waals surface area (Å²) in [5.41, 5.74) is 9.77. The van der Waals surface area contributed by atoms with Gasteiger partial charge in [0, 0.05) is 4.70 Å². The second-order valence-corrected chi connectivity index (χ2v) is 4.56. The minimum Gasteiger partial charge on any atom is -0.330 e. The summed E-state index contributed by atoms with van der Waals surface area (Å²) >= 11 is 1.84. The highest BCUT2D eigenvalue weighted by atomic mass is 32.1. The average molecular weight is 205 g/mol. The van der Waals surface area contributed by atoms with E-state index >= 15 is 0 Å². The molecule has 0 spiro atoms. The first-order valence-corrected chi connectivity index (χ1v) is 5.78. The molecule has 2 heteroatoms. The Hall–Kier alpha value is -0.860. The van der Waals surface area contributed by atoms with Gasteiger partial charge in [-0.25, -0.2) is 0 Å². The third-order valence-corrected chi connectivity index (χ3v) is 3.92. The summed E-state index contributed by atoms with van der Waals surface area (Å²) in [4.78, 5) is 0. The van der Waals surface area contributed by atoms with Crippen LogP contribution in [0.25, 0.3) is 10.1 Å². The summed E-state index contributed by atoms with van der Waals surface area (Å²) < 4.78 is 1.42. The number of benzene rings is 1. The van der Waals surface area contributed by atoms with Gasteiger partial charge >= 0.3 is 0 Å². The Morgan fingerprint density at radius 3 is 2.79 bits per heavy atom. The van der Waals surface area contributed by atoms with Crippen LogP contribution in [0.1, 0.15) is 16.7 Å². The molecule has 1 aromatic heterocycles. The summed E-state index contributed by atoms with van der Waals surface area (Å²) in [5.74, 6) is 0. The first-order valence-electron chi connectivity index (χ1n) is 4.90. The second kappa shape index (κ2) is 3.71. The van der Waals surface area contributed by atoms with Gasteiger partial charge in [-0.05, 0) is 54.3 Å². The van der Waals surface area contributed by atoms with Gasteiger partial charge in [0.1, 0.15) is 0 Å². The van der Waals surface area contributed by atoms with Crippen LogP contribution in [0.15, 0.2) is 17.5 Å². The van der Waals surface area contributed by atoms with Gasteiger partial charge in [-0.15, -0.1) is 11.3 Å². The minimum absolute atomic E-state index is 0.735. The summed E-state index contributed by atoms with van der Waals surface area (Å²) in [6, 6.07) is 4.42. The number of rotatable bonds is 2. The van der Waals surface area contributed by atoms with Crippen molar-refractivity contribution < 1.29 is 0 Å². The molecule has 0 saturated carbocycles. The average Bonchev–Trinajstić information content (AvgIpc) is 2.57. The van der Waals surface area contributed by atoms with E-state index in [1.54, 1.807) is 0 Å². The first kappa shape index (κ1) is 9.69. The van der Waals surface area contributed by atoms with Crippen LogP contribution in [0.3, 0.4) is 0 Å². The summed E-state index contributed by atoms with van der Waals surface area (Å²) in [6.07, 6.45) is 0.989. The lowest BCUT2D eigenvalue weighted by Crippen LogP contribution is -2.01. The normalized spacial score (nSPS) is 11.1. The maximum absolute atomic E-state index is 5.58. The molecule has 0 saturated heterocycles. The highest BCUT2D eigenvalue weighted by Crippen LogP contribution is 2.30. The van der Waals surface area contributed by atoms with Gasteiger partial charge in [0.05, 0.1) is 0 Å². The van der Waals surface area contributed by atoms with Crippen molar-refractivity contribution in [1.29, 1.82) is 0 Å². The smallest absolute Gasteiger partial charge is 0.0377 e. The lowest BCUT2D eigenvalue weighted by molar-refractivity contribution is 0.981. The van der Waals surface area contributed by atoms with Gasteiger partial charge in [0.25, 0.3) is 0 Å². The van der Waals surface area contributed by atoms with Crippen LogP contribution in [0.2, 0.25) is 0 Å². The number of aryl methyl sites for hydroxylation is 2. The topological polar surface area (TPSA) is 26.0 Å². The maximum atomic E-state index is 5.58. The van der Waals surface area contributed by atoms with Crippen molar-refractivity contribution in [2.75, 3.05) is 6.54 Å². The van der Waals surface area contributed by atoms with Gasteiger partial charge in [-0.1, -0.05) is 12.1 Å². The fourth-order valence-corrected chi connectivity index (χ4v) is 2.91. The van der Waals surface area contributed by atoms with Crippen LogP contribution in [0, 0.1) is 13.8 Å². The fraction of sp³-hybridized carbons (Fsp3) is 0.333. The Morgan fingerprint density at radius 2 is 2.07 bits per heavy atom. The molecule has 74 valence electrons. The molecule has 2 aromatic rings. The molecule has 2 rings (SSSR count). The molecule has 1 heterocycles. The number of nitrogens with two attached hydrogens (primary N) is 1. The Morgan fingerprint density at radius 1 is 1.29 bits per heavy atom. The minimum atomic E-state index is 0.735. The molecule has 0 radical (unpaired) electrons. The van der Waals surface area contributed by atoms with E-state index in [0.717, 1.165) is 13.0 Å². The Kier molecular flexibility index (Phi) is 2.57. The molecular formula is C12H15NS. The Labute approximate surface area is 88.6 Å². The molecule has 14 heavy (non-hydrogen) atoms. The molecule has 0 fully saturated rings. The molecule has 0 amide bonds. The van der Waals surface area contributed by atoms with Gasteiger partial charge in [0.15, 0.2) is 0 Å². The SMILES string of the molecule is Cc1ccc2c(CCN)csc2c1C. The van der Waals surface area contributed by atoms with E-state index in [1.165, 1.54) is 26.8 Å². The van der Waals surface area contributed by atoms with E-state index in [4.69, 9.17) is 5.73 Å². The third kappa shape index (κ3) is 1.45. The monoisotopic (exact) mass is 205 g/mol. The molecule has 1 aromatic carbocycles. The van der Waals surface area contributed by atoms with Crippen molar-refractivity contribution in [3.63, 3.8) is 0 Å². The van der Waals surface area contributed by atoms with Crippen LogP contribution < -0.4 is 5.73 Å². The number of fused-ring (bicyclic) bond motifs is 1. The van der Waals surface area contributed by atoms with Crippen LogP contribution in [0.4, 0.5) is 0 Å². The summed E-state index contributed by atoms with van der Waals surface area (Å²) in [7, 11) is 0. The van der Waals surface area contributed by atoms with E-state index in [9.17, 15) is 0 Å². The number of hydrogen-bond donors (Lipinski definition) is 1. The zero-order chi connectivity index (χ0) is 10.1. The molecule has 0 aliphatic rings. The van der Waals surface area contributed by atoms with Crippen molar-refractivity contribution >= 4 is 21.4 Å². The fourth-order valence-electron chi connectivity index (χ4n) is 1.74. The van der Waals surface area contributed by atoms with E-state index in [0.29, 0.717) is 0 Å². The molecule has 0 atom stereocenters. The van der Waals surface area contributed by atoms with Crippen molar-refractivity contribution in [1.82, 2.24) is 0 Å². The molecular weight excluding hydrogens is 190 g/mol. The zero-order valence-corrected chi connectivity index (χ0v) is 9.45. The van der Waals surface area contributed by atoms with Crippen molar-refractivity contribution in [3.8, 4) is 0 Å². The molecule has 0 aliphatic heterocycles. The van der Waals surface area contributed by atoms with Gasteiger partial charge in [-0.2, -0.15) is 0 Å². The van der Waals surface area contributed by atoms with Gasteiger partial charge in [-0.3, -0.25) is 0 Å². The van der Waals surface area contributed by atoms with Crippen LogP contribution in [-0.4, -0.2) is 6.54 Å². The maximum Gasteiger partial charge on any atom is 0.0377 e. The van der Waals surface area contributed by atoms with Crippen LogP contribution >= 0.6 is 11.3 Å². The van der Waals surface area contributed by atoms with Crippen molar-refractivity contribution in [2.45, 2.75) is 20.3 Å². The quantitative estimate of drug-likeness (QED) is 0.801. The number of hydrogen-bond acceptors (Lipinski definition) is 2. The molecule has 0 bridgehead atoms. The molecule has 0 aliphatic carbocycles. The molecule has 2 N–H and O–H groups in total. The van der Waals surface area contributed by atoms with Crippen LogP contribution in [0.5, 0.6) is 0 Å². The summed E-state index contributed by atoms with van der Waals surface area (Å²) in [5, 5.41) is 3.63. The number of thiophene rings is 1.